The minimum absolute atomic E-state index is 0.112. The van der Waals surface area contributed by atoms with E-state index in [4.69, 9.17) is 17.3 Å². The Morgan fingerprint density at radius 2 is 1.89 bits per heavy atom. The SMILES string of the molecule is NC(=O)CSc1nnc(-c2cccc(Cl)c2)n1-c1ccccc1C(F)(F)F. The lowest BCUT2D eigenvalue weighted by molar-refractivity contribution is -0.137. The molecule has 1 aromatic heterocycles. The minimum atomic E-state index is -4.59. The quantitative estimate of drug-likeness (QED) is 0.638. The maximum absolute atomic E-state index is 13.5. The van der Waals surface area contributed by atoms with Crippen LogP contribution in [0.1, 0.15) is 5.56 Å². The molecular weight excluding hydrogens is 401 g/mol. The van der Waals surface area contributed by atoms with Crippen LogP contribution >= 0.6 is 23.4 Å². The van der Waals surface area contributed by atoms with Crippen molar-refractivity contribution < 1.29 is 18.0 Å². The molecule has 0 fully saturated rings. The second-order valence-electron chi connectivity index (χ2n) is 5.42. The summed E-state index contributed by atoms with van der Waals surface area (Å²) in [6.07, 6.45) is -4.59. The fourth-order valence-corrected chi connectivity index (χ4v) is 3.31. The highest BCUT2D eigenvalue weighted by molar-refractivity contribution is 7.99. The molecule has 0 saturated carbocycles. The highest BCUT2D eigenvalue weighted by Crippen LogP contribution is 2.37. The first kappa shape index (κ1) is 19.2. The van der Waals surface area contributed by atoms with Crippen LogP contribution in [0.2, 0.25) is 5.02 Å². The van der Waals surface area contributed by atoms with Crippen LogP contribution in [0, 0.1) is 0 Å². The van der Waals surface area contributed by atoms with Crippen molar-refractivity contribution in [3.8, 4) is 17.1 Å². The van der Waals surface area contributed by atoms with E-state index in [9.17, 15) is 18.0 Å². The van der Waals surface area contributed by atoms with E-state index in [0.29, 0.717) is 10.6 Å². The molecule has 0 unspecified atom stereocenters. The molecule has 0 spiro atoms. The zero-order chi connectivity index (χ0) is 19.6. The molecule has 0 aliphatic rings. The average Bonchev–Trinajstić information content (AvgIpc) is 3.03. The predicted octanol–water partition coefficient (Wildman–Crippen LogP) is 4.18. The smallest absolute Gasteiger partial charge is 0.369 e. The Morgan fingerprint density at radius 3 is 2.56 bits per heavy atom. The number of carbonyl (C=O) groups excluding carboxylic acids is 1. The molecule has 3 aromatic rings. The van der Waals surface area contributed by atoms with E-state index in [2.05, 4.69) is 10.2 Å². The van der Waals surface area contributed by atoms with Crippen molar-refractivity contribution in [2.75, 3.05) is 5.75 Å². The minimum Gasteiger partial charge on any atom is -0.369 e. The summed E-state index contributed by atoms with van der Waals surface area (Å²) in [5.41, 5.74) is 4.63. The standard InChI is InChI=1S/C17H12ClF3N4OS/c18-11-5-3-4-10(8-11)15-23-24-16(27-9-14(22)26)25(15)13-7-2-1-6-12(13)17(19,20)21/h1-8H,9H2,(H2,22,26). The fraction of sp³-hybridized carbons (Fsp3) is 0.118. The molecule has 0 radical (unpaired) electrons. The van der Waals surface area contributed by atoms with Crippen LogP contribution in [0.25, 0.3) is 17.1 Å². The van der Waals surface area contributed by atoms with Gasteiger partial charge in [0.2, 0.25) is 5.91 Å². The second kappa shape index (κ2) is 7.61. The van der Waals surface area contributed by atoms with Gasteiger partial charge in [-0.2, -0.15) is 13.2 Å². The van der Waals surface area contributed by atoms with Gasteiger partial charge in [-0.3, -0.25) is 9.36 Å². The number of thioether (sulfide) groups is 1. The van der Waals surface area contributed by atoms with Gasteiger partial charge in [0.25, 0.3) is 0 Å². The molecule has 140 valence electrons. The van der Waals surface area contributed by atoms with Crippen LogP contribution in [0.4, 0.5) is 13.2 Å². The molecule has 1 heterocycles. The monoisotopic (exact) mass is 412 g/mol. The highest BCUT2D eigenvalue weighted by Gasteiger charge is 2.35. The molecule has 2 aromatic carbocycles. The second-order valence-corrected chi connectivity index (χ2v) is 6.80. The largest absolute Gasteiger partial charge is 0.418 e. The van der Waals surface area contributed by atoms with Crippen molar-refractivity contribution in [1.82, 2.24) is 14.8 Å². The number of primary amides is 1. The number of rotatable bonds is 5. The molecule has 3 rings (SSSR count). The highest BCUT2D eigenvalue weighted by atomic mass is 35.5. The third-order valence-corrected chi connectivity index (χ3v) is 4.70. The van der Waals surface area contributed by atoms with Gasteiger partial charge in [0.05, 0.1) is 17.0 Å². The topological polar surface area (TPSA) is 73.8 Å². The number of carbonyl (C=O) groups is 1. The molecule has 0 atom stereocenters. The van der Waals surface area contributed by atoms with Crippen LogP contribution in [-0.4, -0.2) is 26.4 Å². The molecule has 0 aliphatic heterocycles. The van der Waals surface area contributed by atoms with Crippen LogP contribution in [0.3, 0.4) is 0 Å². The lowest BCUT2D eigenvalue weighted by Gasteiger charge is -2.16. The van der Waals surface area contributed by atoms with Gasteiger partial charge < -0.3 is 5.73 Å². The number of alkyl halides is 3. The Kier molecular flexibility index (Phi) is 5.43. The third-order valence-electron chi connectivity index (χ3n) is 3.51. The first-order valence-corrected chi connectivity index (χ1v) is 8.93. The number of benzene rings is 2. The summed E-state index contributed by atoms with van der Waals surface area (Å²) in [4.78, 5) is 11.1. The molecule has 27 heavy (non-hydrogen) atoms. The first-order valence-electron chi connectivity index (χ1n) is 7.56. The molecule has 5 nitrogen and oxygen atoms in total. The van der Waals surface area contributed by atoms with Gasteiger partial charge >= 0.3 is 6.18 Å². The van der Waals surface area contributed by atoms with E-state index in [1.54, 1.807) is 24.3 Å². The van der Waals surface area contributed by atoms with E-state index in [-0.39, 0.29) is 22.4 Å². The van der Waals surface area contributed by atoms with Crippen LogP contribution in [0.5, 0.6) is 0 Å². The number of para-hydroxylation sites is 1. The van der Waals surface area contributed by atoms with Gasteiger partial charge in [0, 0.05) is 10.6 Å². The van der Waals surface area contributed by atoms with Crippen molar-refractivity contribution >= 4 is 29.3 Å². The van der Waals surface area contributed by atoms with Crippen LogP contribution in [-0.2, 0) is 11.0 Å². The van der Waals surface area contributed by atoms with E-state index >= 15 is 0 Å². The molecular formula is C17H12ClF3N4OS. The summed E-state index contributed by atoms with van der Waals surface area (Å²) >= 11 is 6.91. The molecule has 0 bridgehead atoms. The van der Waals surface area contributed by atoms with E-state index < -0.39 is 17.6 Å². The molecule has 1 amide bonds. The Bertz CT molecular complexity index is 990. The van der Waals surface area contributed by atoms with Crippen LogP contribution in [0.15, 0.2) is 53.7 Å². The lowest BCUT2D eigenvalue weighted by atomic mass is 10.1. The molecule has 0 aliphatic carbocycles. The van der Waals surface area contributed by atoms with E-state index in [1.165, 1.54) is 22.8 Å². The van der Waals surface area contributed by atoms with Gasteiger partial charge in [-0.05, 0) is 24.3 Å². The number of nitrogens with two attached hydrogens (primary N) is 1. The number of hydrogen-bond acceptors (Lipinski definition) is 4. The van der Waals surface area contributed by atoms with Crippen molar-refractivity contribution in [2.24, 2.45) is 5.73 Å². The van der Waals surface area contributed by atoms with Crippen LogP contribution < -0.4 is 5.73 Å². The number of nitrogens with zero attached hydrogens (tertiary/aromatic N) is 3. The molecule has 2 N–H and O–H groups in total. The van der Waals surface area contributed by atoms with Gasteiger partial charge in [-0.15, -0.1) is 10.2 Å². The van der Waals surface area contributed by atoms with Gasteiger partial charge in [0.1, 0.15) is 0 Å². The number of halogens is 4. The predicted molar refractivity (Wildman–Crippen MR) is 96.7 cm³/mol. The van der Waals surface area contributed by atoms with Crippen molar-refractivity contribution in [1.29, 1.82) is 0 Å². The first-order chi connectivity index (χ1) is 12.8. The Hall–Kier alpha value is -2.52. The Morgan fingerprint density at radius 1 is 1.15 bits per heavy atom. The Labute approximate surface area is 161 Å². The number of hydrogen-bond donors (Lipinski definition) is 1. The summed E-state index contributed by atoms with van der Waals surface area (Å²) in [6.45, 7) is 0. The Balaban J connectivity index is 2.23. The number of aromatic nitrogens is 3. The fourth-order valence-electron chi connectivity index (χ4n) is 2.44. The number of amides is 1. The normalized spacial score (nSPS) is 11.6. The van der Waals surface area contributed by atoms with Crippen molar-refractivity contribution in [3.63, 3.8) is 0 Å². The van der Waals surface area contributed by atoms with Gasteiger partial charge in [-0.1, -0.05) is 47.6 Å². The van der Waals surface area contributed by atoms with Gasteiger partial charge in [-0.25, -0.2) is 0 Å². The van der Waals surface area contributed by atoms with Gasteiger partial charge in [0.15, 0.2) is 11.0 Å². The summed E-state index contributed by atoms with van der Waals surface area (Å²) in [5, 5.41) is 8.48. The third kappa shape index (κ3) is 4.25. The summed E-state index contributed by atoms with van der Waals surface area (Å²) in [6, 6.07) is 11.6. The summed E-state index contributed by atoms with van der Waals surface area (Å²) in [7, 11) is 0. The molecule has 0 saturated heterocycles. The lowest BCUT2D eigenvalue weighted by Crippen LogP contribution is -2.15. The molecule has 10 heteroatoms. The average molecular weight is 413 g/mol. The summed E-state index contributed by atoms with van der Waals surface area (Å²) in [5.74, 6) is -0.605. The van der Waals surface area contributed by atoms with E-state index in [0.717, 1.165) is 17.8 Å². The zero-order valence-corrected chi connectivity index (χ0v) is 15.1. The maximum atomic E-state index is 13.5. The van der Waals surface area contributed by atoms with Crippen molar-refractivity contribution in [3.05, 3.63) is 59.1 Å². The summed E-state index contributed by atoms with van der Waals surface area (Å²) < 4.78 is 41.8. The van der Waals surface area contributed by atoms with Crippen molar-refractivity contribution in [2.45, 2.75) is 11.3 Å². The maximum Gasteiger partial charge on any atom is 0.418 e. The van der Waals surface area contributed by atoms with E-state index in [1.807, 2.05) is 0 Å². The zero-order valence-electron chi connectivity index (χ0n) is 13.6.